The molecule has 0 aliphatic carbocycles. The maximum atomic E-state index is 5.79. The molecule has 2 heteroatoms. The second-order valence-electron chi connectivity index (χ2n) is 4.39. The van der Waals surface area contributed by atoms with E-state index in [4.69, 9.17) is 8.83 Å². The number of rotatable bonds is 0. The first kappa shape index (κ1) is 9.52. The molecular weight excluding hydrogens is 200 g/mol. The van der Waals surface area contributed by atoms with Crippen molar-refractivity contribution in [2.75, 3.05) is 0 Å². The number of benzene rings is 1. The molecule has 0 aliphatic rings. The van der Waals surface area contributed by atoms with Gasteiger partial charge < -0.3 is 8.83 Å². The van der Waals surface area contributed by atoms with E-state index in [-0.39, 0.29) is 0 Å². The van der Waals surface area contributed by atoms with Gasteiger partial charge >= 0.3 is 0 Å². The highest BCUT2D eigenvalue weighted by atomic mass is 16.4. The molecule has 0 bridgehead atoms. The number of hydrogen-bond donors (Lipinski definition) is 0. The van der Waals surface area contributed by atoms with Crippen molar-refractivity contribution in [3.8, 4) is 0 Å². The summed E-state index contributed by atoms with van der Waals surface area (Å²) in [6, 6.07) is 4.23. The highest BCUT2D eigenvalue weighted by Gasteiger charge is 2.15. The zero-order valence-electron chi connectivity index (χ0n) is 9.97. The van der Waals surface area contributed by atoms with Gasteiger partial charge in [0.25, 0.3) is 0 Å². The van der Waals surface area contributed by atoms with Gasteiger partial charge in [0.05, 0.1) is 0 Å². The highest BCUT2D eigenvalue weighted by molar-refractivity contribution is 6.03. The van der Waals surface area contributed by atoms with E-state index in [1.54, 1.807) is 0 Å². The maximum Gasteiger partial charge on any atom is 0.177 e. The van der Waals surface area contributed by atoms with E-state index < -0.39 is 0 Å². The van der Waals surface area contributed by atoms with E-state index in [0.717, 1.165) is 33.5 Å². The van der Waals surface area contributed by atoms with Gasteiger partial charge in [-0.1, -0.05) is 0 Å². The first-order valence-electron chi connectivity index (χ1n) is 5.48. The third kappa shape index (κ3) is 1.02. The normalized spacial score (nSPS) is 11.8. The Hall–Kier alpha value is -1.70. The van der Waals surface area contributed by atoms with Crippen molar-refractivity contribution in [1.29, 1.82) is 0 Å². The first-order valence-corrected chi connectivity index (χ1v) is 5.48. The smallest absolute Gasteiger partial charge is 0.177 e. The zero-order valence-corrected chi connectivity index (χ0v) is 9.97. The Morgan fingerprint density at radius 1 is 0.688 bits per heavy atom. The van der Waals surface area contributed by atoms with Crippen LogP contribution in [0, 0.1) is 27.7 Å². The van der Waals surface area contributed by atoms with Gasteiger partial charge in [-0.15, -0.1) is 0 Å². The van der Waals surface area contributed by atoms with Crippen LogP contribution >= 0.6 is 0 Å². The molecule has 0 aliphatic heterocycles. The van der Waals surface area contributed by atoms with Crippen LogP contribution in [0.5, 0.6) is 0 Å². The molecule has 0 radical (unpaired) electrons. The van der Waals surface area contributed by atoms with Crippen molar-refractivity contribution in [1.82, 2.24) is 0 Å². The maximum absolute atomic E-state index is 5.79. The number of aryl methyl sites for hydroxylation is 4. The molecule has 16 heavy (non-hydrogen) atoms. The van der Waals surface area contributed by atoms with Gasteiger partial charge in [-0.25, -0.2) is 0 Å². The summed E-state index contributed by atoms with van der Waals surface area (Å²) in [4.78, 5) is 0. The standard InChI is InChI=1S/C14H14O2/c1-7-9(3)15-13-11(7)5-6-12-8(2)10(4)16-14(12)13/h5-6H,1-4H3. The lowest BCUT2D eigenvalue weighted by Gasteiger charge is -1.91. The SMILES string of the molecule is Cc1oc2c(ccc3c(C)c(C)oc32)c1C. The Balaban J connectivity index is 2.59. The van der Waals surface area contributed by atoms with Crippen molar-refractivity contribution < 1.29 is 8.83 Å². The summed E-state index contributed by atoms with van der Waals surface area (Å²) in [5.41, 5.74) is 4.15. The predicted molar refractivity (Wildman–Crippen MR) is 64.9 cm³/mol. The summed E-state index contributed by atoms with van der Waals surface area (Å²) in [6.07, 6.45) is 0. The molecule has 2 heterocycles. The van der Waals surface area contributed by atoms with Crippen molar-refractivity contribution in [2.45, 2.75) is 27.7 Å². The molecule has 2 nitrogen and oxygen atoms in total. The Labute approximate surface area is 93.8 Å². The molecule has 3 rings (SSSR count). The molecular formula is C14H14O2. The van der Waals surface area contributed by atoms with E-state index in [0.29, 0.717) is 0 Å². The monoisotopic (exact) mass is 214 g/mol. The van der Waals surface area contributed by atoms with Gasteiger partial charge in [0.1, 0.15) is 11.5 Å². The topological polar surface area (TPSA) is 26.3 Å². The molecule has 0 amide bonds. The van der Waals surface area contributed by atoms with Crippen LogP contribution in [-0.2, 0) is 0 Å². The van der Waals surface area contributed by atoms with Gasteiger partial charge in [-0.2, -0.15) is 0 Å². The van der Waals surface area contributed by atoms with Crippen LogP contribution in [0.2, 0.25) is 0 Å². The number of furan rings is 2. The van der Waals surface area contributed by atoms with Crippen LogP contribution < -0.4 is 0 Å². The Morgan fingerprint density at radius 2 is 1.06 bits per heavy atom. The lowest BCUT2D eigenvalue weighted by atomic mass is 10.1. The molecule has 0 saturated heterocycles. The number of hydrogen-bond acceptors (Lipinski definition) is 2. The number of fused-ring (bicyclic) bond motifs is 3. The summed E-state index contributed by atoms with van der Waals surface area (Å²) >= 11 is 0. The summed E-state index contributed by atoms with van der Waals surface area (Å²) in [5.74, 6) is 1.93. The zero-order chi connectivity index (χ0) is 11.4. The minimum atomic E-state index is 0.878. The fourth-order valence-corrected chi connectivity index (χ4v) is 2.19. The Morgan fingerprint density at radius 3 is 1.44 bits per heavy atom. The third-order valence-corrected chi connectivity index (χ3v) is 3.49. The van der Waals surface area contributed by atoms with Crippen LogP contribution in [0.4, 0.5) is 0 Å². The molecule has 0 spiro atoms. The fourth-order valence-electron chi connectivity index (χ4n) is 2.19. The van der Waals surface area contributed by atoms with E-state index in [2.05, 4.69) is 26.0 Å². The fraction of sp³-hybridized carbons (Fsp3) is 0.286. The van der Waals surface area contributed by atoms with Crippen molar-refractivity contribution in [3.05, 3.63) is 34.8 Å². The molecule has 0 N–H and O–H groups in total. The molecule has 3 aromatic rings. The molecule has 0 atom stereocenters. The van der Waals surface area contributed by atoms with Gasteiger partial charge in [0.15, 0.2) is 11.2 Å². The van der Waals surface area contributed by atoms with Crippen LogP contribution in [0.1, 0.15) is 22.6 Å². The van der Waals surface area contributed by atoms with Crippen LogP contribution in [-0.4, -0.2) is 0 Å². The predicted octanol–water partition coefficient (Wildman–Crippen LogP) is 4.41. The average Bonchev–Trinajstić information content (AvgIpc) is 2.70. The van der Waals surface area contributed by atoms with Crippen LogP contribution in [0.15, 0.2) is 21.0 Å². The lowest BCUT2D eigenvalue weighted by Crippen LogP contribution is -1.72. The third-order valence-electron chi connectivity index (χ3n) is 3.49. The summed E-state index contributed by atoms with van der Waals surface area (Å²) in [7, 11) is 0. The molecule has 0 saturated carbocycles. The Bertz CT molecular complexity index is 637. The van der Waals surface area contributed by atoms with Gasteiger partial charge in [-0.05, 0) is 51.0 Å². The minimum absolute atomic E-state index is 0.878. The van der Waals surface area contributed by atoms with E-state index >= 15 is 0 Å². The van der Waals surface area contributed by atoms with Crippen molar-refractivity contribution in [3.63, 3.8) is 0 Å². The van der Waals surface area contributed by atoms with Gasteiger partial charge in [-0.3, -0.25) is 0 Å². The molecule has 1 aromatic carbocycles. The second-order valence-corrected chi connectivity index (χ2v) is 4.39. The second kappa shape index (κ2) is 2.91. The molecule has 82 valence electrons. The largest absolute Gasteiger partial charge is 0.457 e. The van der Waals surface area contributed by atoms with Crippen LogP contribution in [0.25, 0.3) is 21.9 Å². The first-order chi connectivity index (χ1) is 7.59. The van der Waals surface area contributed by atoms with E-state index in [1.807, 2.05) is 13.8 Å². The lowest BCUT2D eigenvalue weighted by molar-refractivity contribution is 0.545. The van der Waals surface area contributed by atoms with E-state index in [9.17, 15) is 0 Å². The molecule has 2 aromatic heterocycles. The van der Waals surface area contributed by atoms with Crippen molar-refractivity contribution >= 4 is 21.9 Å². The summed E-state index contributed by atoms with van der Waals surface area (Å²) < 4.78 is 11.6. The minimum Gasteiger partial charge on any atom is -0.457 e. The quantitative estimate of drug-likeness (QED) is 0.554. The Kier molecular flexibility index (Phi) is 1.73. The van der Waals surface area contributed by atoms with Gasteiger partial charge in [0, 0.05) is 10.8 Å². The van der Waals surface area contributed by atoms with Gasteiger partial charge in [0.2, 0.25) is 0 Å². The van der Waals surface area contributed by atoms with Crippen molar-refractivity contribution in [2.24, 2.45) is 0 Å². The van der Waals surface area contributed by atoms with Crippen LogP contribution in [0.3, 0.4) is 0 Å². The summed E-state index contributed by atoms with van der Waals surface area (Å²) in [5, 5.41) is 2.30. The highest BCUT2D eigenvalue weighted by Crippen LogP contribution is 2.34. The summed E-state index contributed by atoms with van der Waals surface area (Å²) in [6.45, 7) is 8.14. The average molecular weight is 214 g/mol. The molecule has 0 unspecified atom stereocenters. The van der Waals surface area contributed by atoms with E-state index in [1.165, 1.54) is 11.1 Å². The molecule has 0 fully saturated rings.